The van der Waals surface area contributed by atoms with E-state index in [0.29, 0.717) is 18.6 Å². The highest BCUT2D eigenvalue weighted by atomic mass is 19.3. The van der Waals surface area contributed by atoms with Crippen LogP contribution in [0.3, 0.4) is 0 Å². The second-order valence-corrected chi connectivity index (χ2v) is 11.8. The van der Waals surface area contributed by atoms with Crippen molar-refractivity contribution in [3.63, 3.8) is 0 Å². The molecule has 2 aliphatic carbocycles. The molecule has 1 atom stereocenters. The van der Waals surface area contributed by atoms with E-state index in [4.69, 9.17) is 9.73 Å². The van der Waals surface area contributed by atoms with Crippen LogP contribution in [0.2, 0.25) is 0 Å². The van der Waals surface area contributed by atoms with Crippen LogP contribution in [0.15, 0.2) is 82.6 Å². The van der Waals surface area contributed by atoms with Crippen molar-refractivity contribution in [2.24, 2.45) is 16.8 Å². The van der Waals surface area contributed by atoms with Gasteiger partial charge in [-0.15, -0.1) is 0 Å². The molecule has 3 aliphatic rings. The lowest BCUT2D eigenvalue weighted by atomic mass is 9.81. The van der Waals surface area contributed by atoms with Crippen molar-refractivity contribution in [1.82, 2.24) is 4.57 Å². The van der Waals surface area contributed by atoms with Crippen LogP contribution in [0.5, 0.6) is 5.75 Å². The minimum absolute atomic E-state index is 0.0432. The van der Waals surface area contributed by atoms with Gasteiger partial charge >= 0.3 is 5.92 Å². The summed E-state index contributed by atoms with van der Waals surface area (Å²) in [5, 5.41) is 3.16. The second-order valence-electron chi connectivity index (χ2n) is 11.8. The Morgan fingerprint density at radius 1 is 0.953 bits per heavy atom. The monoisotopic (exact) mass is 593 g/mol. The van der Waals surface area contributed by atoms with Crippen molar-refractivity contribution in [2.75, 3.05) is 11.9 Å². The molecule has 1 aromatic heterocycles. The van der Waals surface area contributed by atoms with Crippen molar-refractivity contribution in [3.05, 3.63) is 100 Å². The van der Waals surface area contributed by atoms with Gasteiger partial charge < -0.3 is 14.6 Å². The number of ether oxygens (including phenoxy) is 1. The van der Waals surface area contributed by atoms with E-state index in [1.807, 2.05) is 60.7 Å². The Morgan fingerprint density at radius 2 is 1.58 bits per heavy atom. The van der Waals surface area contributed by atoms with Gasteiger partial charge in [-0.1, -0.05) is 60.7 Å². The molecule has 4 aromatic rings. The highest BCUT2D eigenvalue weighted by Gasteiger charge is 2.51. The molecule has 1 aliphatic heterocycles. The van der Waals surface area contributed by atoms with E-state index in [-0.39, 0.29) is 40.5 Å². The average molecular weight is 594 g/mol. The molecular formula is C33H28F5N3O2. The van der Waals surface area contributed by atoms with Crippen LogP contribution in [0, 0.1) is 17.7 Å². The smallest absolute Gasteiger partial charge is 0.301 e. The molecular weight excluding hydrogens is 565 g/mol. The first-order valence-electron chi connectivity index (χ1n) is 14.3. The van der Waals surface area contributed by atoms with E-state index >= 15 is 13.2 Å². The van der Waals surface area contributed by atoms with Gasteiger partial charge in [-0.3, -0.25) is 4.79 Å². The zero-order chi connectivity index (χ0) is 29.9. The van der Waals surface area contributed by atoms with Crippen molar-refractivity contribution < 1.29 is 26.7 Å². The molecule has 0 radical (unpaired) electrons. The van der Waals surface area contributed by atoms with Crippen LogP contribution < -0.4 is 15.6 Å². The maximum atomic E-state index is 15.9. The summed E-state index contributed by atoms with van der Waals surface area (Å²) >= 11 is 0. The number of anilines is 1. The molecule has 1 N–H and O–H groups in total. The summed E-state index contributed by atoms with van der Waals surface area (Å²) in [6.45, 7) is -1.12. The van der Waals surface area contributed by atoms with Crippen molar-refractivity contribution >= 4 is 28.0 Å². The predicted molar refractivity (Wildman–Crippen MR) is 155 cm³/mol. The van der Waals surface area contributed by atoms with Crippen LogP contribution >= 0.6 is 0 Å². The molecule has 7 rings (SSSR count). The summed E-state index contributed by atoms with van der Waals surface area (Å²) in [5.74, 6) is -8.01. The average Bonchev–Trinajstić information content (AvgIpc) is 3.82. The first-order chi connectivity index (χ1) is 20.6. The Labute approximate surface area is 244 Å². The number of pyridine rings is 1. The normalized spacial score (nSPS) is 20.7. The van der Waals surface area contributed by atoms with Gasteiger partial charge in [-0.2, -0.15) is 0 Å². The molecule has 2 fully saturated rings. The van der Waals surface area contributed by atoms with E-state index in [2.05, 4.69) is 5.32 Å². The van der Waals surface area contributed by atoms with Crippen molar-refractivity contribution in [3.8, 4) is 5.75 Å². The van der Waals surface area contributed by atoms with E-state index in [1.165, 1.54) is 10.6 Å². The van der Waals surface area contributed by atoms with E-state index in [1.54, 1.807) is 0 Å². The van der Waals surface area contributed by atoms with Gasteiger partial charge in [0.05, 0.1) is 23.0 Å². The number of aromatic nitrogens is 1. The molecule has 0 amide bonds. The van der Waals surface area contributed by atoms with Gasteiger partial charge in [0.2, 0.25) is 11.7 Å². The fourth-order valence-corrected chi connectivity index (χ4v) is 6.17. The summed E-state index contributed by atoms with van der Waals surface area (Å²) in [6.07, 6.45) is 0.382. The molecule has 0 bridgehead atoms. The summed E-state index contributed by atoms with van der Waals surface area (Å²) in [5.41, 5.74) is 1.27. The molecule has 5 nitrogen and oxygen atoms in total. The first-order valence-corrected chi connectivity index (χ1v) is 14.3. The SMILES string of the molecule is O=c1c2c(c3cc(N=C(c4ccccc4)c4ccccc4)c(F)cc3n1CC1CC(F)(F)C1)N[C@@H](C1CC1)C(F)(F)CO2. The number of benzene rings is 3. The van der Waals surface area contributed by atoms with Gasteiger partial charge in [0.15, 0.2) is 12.4 Å². The molecule has 0 unspecified atom stereocenters. The summed E-state index contributed by atoms with van der Waals surface area (Å²) in [7, 11) is 0. The van der Waals surface area contributed by atoms with E-state index in [9.17, 15) is 13.6 Å². The Hall–Kier alpha value is -4.21. The number of hydrogen-bond acceptors (Lipinski definition) is 4. The number of fused-ring (bicyclic) bond motifs is 3. The predicted octanol–water partition coefficient (Wildman–Crippen LogP) is 7.57. The maximum absolute atomic E-state index is 15.9. The van der Waals surface area contributed by atoms with Crippen LogP contribution in [0.1, 0.15) is 36.8 Å². The van der Waals surface area contributed by atoms with Crippen molar-refractivity contribution in [1.29, 1.82) is 0 Å². The van der Waals surface area contributed by atoms with Crippen LogP contribution in [-0.4, -0.2) is 34.8 Å². The zero-order valence-electron chi connectivity index (χ0n) is 23.0. The zero-order valence-corrected chi connectivity index (χ0v) is 23.0. The van der Waals surface area contributed by atoms with Crippen LogP contribution in [-0.2, 0) is 6.54 Å². The quantitative estimate of drug-likeness (QED) is 0.185. The van der Waals surface area contributed by atoms with Gasteiger partial charge in [0.25, 0.3) is 5.56 Å². The lowest BCUT2D eigenvalue weighted by Crippen LogP contribution is -2.44. The molecule has 3 aromatic carbocycles. The fraction of sp³-hybridized carbons (Fsp3) is 0.333. The number of nitrogens with one attached hydrogen (secondary N) is 1. The van der Waals surface area contributed by atoms with E-state index < -0.39 is 54.6 Å². The third-order valence-electron chi connectivity index (χ3n) is 8.49. The third kappa shape index (κ3) is 5.17. The maximum Gasteiger partial charge on any atom is 0.301 e. The number of hydrogen-bond donors (Lipinski definition) is 1. The van der Waals surface area contributed by atoms with Gasteiger partial charge in [-0.25, -0.2) is 26.9 Å². The highest BCUT2D eigenvalue weighted by molar-refractivity contribution is 6.14. The molecule has 43 heavy (non-hydrogen) atoms. The number of aliphatic imine (C=N–C) groups is 1. The van der Waals surface area contributed by atoms with Crippen LogP contribution in [0.25, 0.3) is 10.9 Å². The van der Waals surface area contributed by atoms with Gasteiger partial charge in [-0.05, 0) is 30.7 Å². The minimum atomic E-state index is -3.27. The molecule has 0 spiro atoms. The topological polar surface area (TPSA) is 55.6 Å². The fourth-order valence-electron chi connectivity index (χ4n) is 6.17. The van der Waals surface area contributed by atoms with Crippen molar-refractivity contribution in [2.45, 2.75) is 50.1 Å². The van der Waals surface area contributed by atoms with Gasteiger partial charge in [0.1, 0.15) is 5.69 Å². The Bertz CT molecular complexity index is 1740. The summed E-state index contributed by atoms with van der Waals surface area (Å²) in [4.78, 5) is 18.4. The Morgan fingerprint density at radius 3 is 2.16 bits per heavy atom. The standard InChI is InChI=1S/C33H28F5N3O2/c34-24-14-26-23(13-25(24)39-27(20-7-3-1-4-8-20)21-9-5-2-6-10-21)28-29(31(42)41(26)17-19-15-32(35,36)16-19)43-18-33(37,38)30(40-28)22-11-12-22/h1-10,13-14,19,22,30,40H,11-12,15-18H2/t30-/m0/s1. The number of rotatable bonds is 6. The second kappa shape index (κ2) is 10.2. The third-order valence-corrected chi connectivity index (χ3v) is 8.49. The molecule has 0 saturated heterocycles. The lowest BCUT2D eigenvalue weighted by Gasteiger charge is -2.35. The highest BCUT2D eigenvalue weighted by Crippen LogP contribution is 2.47. The van der Waals surface area contributed by atoms with Gasteiger partial charge in [0, 0.05) is 42.0 Å². The van der Waals surface area contributed by atoms with E-state index in [0.717, 1.165) is 17.2 Å². The number of nitrogens with zero attached hydrogens (tertiary/aromatic N) is 2. The molecule has 2 saturated carbocycles. The Balaban J connectivity index is 1.44. The lowest BCUT2D eigenvalue weighted by molar-refractivity contribution is -0.114. The molecule has 222 valence electrons. The summed E-state index contributed by atoms with van der Waals surface area (Å²) in [6, 6.07) is 19.7. The first kappa shape index (κ1) is 27.6. The largest absolute Gasteiger partial charge is 0.480 e. The molecule has 2 heterocycles. The number of alkyl halides is 4. The number of halogens is 5. The summed E-state index contributed by atoms with van der Waals surface area (Å²) < 4.78 is 80.4. The Kier molecular flexibility index (Phi) is 6.55. The molecule has 10 heteroatoms. The van der Waals surface area contributed by atoms with Crippen LogP contribution in [0.4, 0.5) is 33.3 Å². The minimum Gasteiger partial charge on any atom is -0.480 e.